The number of carbonyl (C=O) groups is 3. The van der Waals surface area contributed by atoms with Gasteiger partial charge in [-0.05, 0) is 56.1 Å². The van der Waals surface area contributed by atoms with Crippen molar-refractivity contribution in [2.75, 3.05) is 19.7 Å². The van der Waals surface area contributed by atoms with E-state index < -0.39 is 6.04 Å². The Morgan fingerprint density at radius 3 is 2.83 bits per heavy atom. The quantitative estimate of drug-likeness (QED) is 0.554. The van der Waals surface area contributed by atoms with Gasteiger partial charge < -0.3 is 9.64 Å². The maximum Gasteiger partial charge on any atom is 0.255 e. The van der Waals surface area contributed by atoms with Gasteiger partial charge in [0.2, 0.25) is 11.8 Å². The van der Waals surface area contributed by atoms with Crippen molar-refractivity contribution in [1.82, 2.24) is 20.1 Å². The van der Waals surface area contributed by atoms with Gasteiger partial charge in [-0.2, -0.15) is 0 Å². The van der Waals surface area contributed by atoms with E-state index in [-0.39, 0.29) is 29.6 Å². The summed E-state index contributed by atoms with van der Waals surface area (Å²) in [5.74, 6) is 0.0150. The molecule has 0 saturated carbocycles. The molecule has 0 aliphatic carbocycles. The first kappa shape index (κ1) is 21.9. The molecule has 1 spiro atoms. The van der Waals surface area contributed by atoms with Crippen molar-refractivity contribution >= 4 is 39.3 Å². The van der Waals surface area contributed by atoms with Gasteiger partial charge in [0.1, 0.15) is 11.8 Å². The van der Waals surface area contributed by atoms with E-state index >= 15 is 0 Å². The fraction of sp³-hybridized carbons (Fsp3) is 0.407. The molecule has 0 radical (unpaired) electrons. The highest BCUT2D eigenvalue weighted by molar-refractivity contribution is 7.16. The number of benzene rings is 2. The van der Waals surface area contributed by atoms with Crippen LogP contribution in [-0.4, -0.2) is 58.2 Å². The molecule has 5 heterocycles. The Morgan fingerprint density at radius 1 is 1.14 bits per heavy atom. The molecule has 1 atom stereocenters. The lowest BCUT2D eigenvalue weighted by atomic mass is 9.74. The summed E-state index contributed by atoms with van der Waals surface area (Å²) in [6, 6.07) is 9.93. The molecule has 1 aromatic heterocycles. The molecule has 4 aliphatic rings. The molecule has 2 fully saturated rings. The highest BCUT2D eigenvalue weighted by Crippen LogP contribution is 2.49. The van der Waals surface area contributed by atoms with Crippen molar-refractivity contribution in [3.05, 3.63) is 58.1 Å². The van der Waals surface area contributed by atoms with Gasteiger partial charge in [-0.1, -0.05) is 12.1 Å². The summed E-state index contributed by atoms with van der Waals surface area (Å²) in [5, 5.41) is 2.37. The molecule has 4 aliphatic heterocycles. The third-order valence-electron chi connectivity index (χ3n) is 8.34. The molecule has 184 valence electrons. The lowest BCUT2D eigenvalue weighted by Gasteiger charge is -2.38. The molecule has 1 N–H and O–H groups in total. The van der Waals surface area contributed by atoms with E-state index in [9.17, 15) is 14.4 Å². The standard InChI is InChI=1S/C27H26N4O4S/c32-23-6-4-21(25(33)29-23)31-13-18-17(26(31)34)2-3-19-24(18)35-14-27(19)7-9-30(10-8-27)12-16-1-5-22-20(11-16)28-15-36-22/h1-3,5,11,15,21H,4,6-10,12-14H2,(H,29,32,33). The number of aromatic nitrogens is 1. The lowest BCUT2D eigenvalue weighted by Crippen LogP contribution is -2.52. The molecule has 7 rings (SSSR count). The number of likely N-dealkylation sites (tertiary alicyclic amines) is 1. The second-order valence-electron chi connectivity index (χ2n) is 10.4. The van der Waals surface area contributed by atoms with Crippen LogP contribution in [0.25, 0.3) is 10.2 Å². The molecule has 3 aromatic rings. The van der Waals surface area contributed by atoms with E-state index in [1.165, 1.54) is 15.8 Å². The Morgan fingerprint density at radius 2 is 2.00 bits per heavy atom. The number of amides is 3. The van der Waals surface area contributed by atoms with Crippen LogP contribution in [0.5, 0.6) is 5.75 Å². The molecule has 3 amide bonds. The Balaban J connectivity index is 1.08. The van der Waals surface area contributed by atoms with E-state index in [4.69, 9.17) is 4.74 Å². The van der Waals surface area contributed by atoms with Crippen molar-refractivity contribution in [3.8, 4) is 5.75 Å². The summed E-state index contributed by atoms with van der Waals surface area (Å²) >= 11 is 1.67. The number of nitrogens with zero attached hydrogens (tertiary/aromatic N) is 3. The van der Waals surface area contributed by atoms with Gasteiger partial charge in [0.15, 0.2) is 0 Å². The van der Waals surface area contributed by atoms with E-state index in [1.807, 2.05) is 11.6 Å². The summed E-state index contributed by atoms with van der Waals surface area (Å²) in [6.07, 6.45) is 2.62. The highest BCUT2D eigenvalue weighted by atomic mass is 32.1. The molecular weight excluding hydrogens is 476 g/mol. The molecule has 1 unspecified atom stereocenters. The number of carbonyl (C=O) groups excluding carboxylic acids is 3. The Bertz CT molecular complexity index is 1420. The van der Waals surface area contributed by atoms with Crippen LogP contribution in [0.4, 0.5) is 0 Å². The van der Waals surface area contributed by atoms with Crippen molar-refractivity contribution in [2.24, 2.45) is 0 Å². The average molecular weight is 503 g/mol. The minimum absolute atomic E-state index is 0.0369. The Labute approximate surface area is 212 Å². The number of thiazole rings is 1. The predicted octanol–water partition coefficient (Wildman–Crippen LogP) is 2.98. The van der Waals surface area contributed by atoms with Crippen LogP contribution in [-0.2, 0) is 28.1 Å². The zero-order valence-electron chi connectivity index (χ0n) is 19.8. The van der Waals surface area contributed by atoms with Gasteiger partial charge in [-0.3, -0.25) is 24.6 Å². The van der Waals surface area contributed by atoms with Crippen molar-refractivity contribution in [3.63, 3.8) is 0 Å². The molecule has 2 aromatic carbocycles. The van der Waals surface area contributed by atoms with Crippen LogP contribution in [0, 0.1) is 0 Å². The second kappa shape index (κ2) is 8.11. The normalized spacial score (nSPS) is 23.2. The molecule has 0 bridgehead atoms. The smallest absolute Gasteiger partial charge is 0.255 e. The molecule has 8 nitrogen and oxygen atoms in total. The van der Waals surface area contributed by atoms with Crippen LogP contribution in [0.2, 0.25) is 0 Å². The first-order valence-electron chi connectivity index (χ1n) is 12.5. The van der Waals surface area contributed by atoms with Crippen LogP contribution in [0.1, 0.15) is 52.7 Å². The van der Waals surface area contributed by atoms with E-state index in [1.54, 1.807) is 16.2 Å². The first-order valence-corrected chi connectivity index (χ1v) is 13.4. The number of rotatable bonds is 3. The fourth-order valence-corrected chi connectivity index (χ4v) is 6.96. The number of fused-ring (bicyclic) bond motifs is 5. The Hall–Kier alpha value is -3.30. The van der Waals surface area contributed by atoms with Crippen LogP contribution >= 0.6 is 11.3 Å². The Kier molecular flexibility index (Phi) is 4.94. The number of hydrogen-bond donors (Lipinski definition) is 1. The van der Waals surface area contributed by atoms with Crippen LogP contribution < -0.4 is 10.1 Å². The molecule has 36 heavy (non-hydrogen) atoms. The number of imide groups is 1. The predicted molar refractivity (Wildman–Crippen MR) is 134 cm³/mol. The third kappa shape index (κ3) is 3.37. The number of hydrogen-bond acceptors (Lipinski definition) is 7. The second-order valence-corrected chi connectivity index (χ2v) is 11.3. The first-order chi connectivity index (χ1) is 17.5. The maximum absolute atomic E-state index is 13.2. The maximum atomic E-state index is 13.2. The van der Waals surface area contributed by atoms with E-state index in [0.29, 0.717) is 25.1 Å². The van der Waals surface area contributed by atoms with Crippen molar-refractivity contribution in [2.45, 2.75) is 50.2 Å². The van der Waals surface area contributed by atoms with Crippen LogP contribution in [0.15, 0.2) is 35.8 Å². The number of piperidine rings is 2. The van der Waals surface area contributed by atoms with Gasteiger partial charge in [0.05, 0.1) is 28.9 Å². The number of nitrogens with one attached hydrogen (secondary N) is 1. The molecule has 2 saturated heterocycles. The van der Waals surface area contributed by atoms with Gasteiger partial charge in [0.25, 0.3) is 5.91 Å². The van der Waals surface area contributed by atoms with Gasteiger partial charge in [-0.25, -0.2) is 4.98 Å². The monoisotopic (exact) mass is 502 g/mol. The minimum atomic E-state index is -0.611. The number of ether oxygens (including phenoxy) is 1. The van der Waals surface area contributed by atoms with Gasteiger partial charge >= 0.3 is 0 Å². The van der Waals surface area contributed by atoms with Crippen LogP contribution in [0.3, 0.4) is 0 Å². The van der Waals surface area contributed by atoms with E-state index in [2.05, 4.69) is 39.5 Å². The van der Waals surface area contributed by atoms with Gasteiger partial charge in [-0.15, -0.1) is 11.3 Å². The zero-order valence-corrected chi connectivity index (χ0v) is 20.6. The van der Waals surface area contributed by atoms with E-state index in [0.717, 1.165) is 49.3 Å². The van der Waals surface area contributed by atoms with Crippen molar-refractivity contribution in [1.29, 1.82) is 0 Å². The zero-order chi connectivity index (χ0) is 24.4. The fourth-order valence-electron chi connectivity index (χ4n) is 6.30. The minimum Gasteiger partial charge on any atom is -0.492 e. The molecule has 9 heteroatoms. The summed E-state index contributed by atoms with van der Waals surface area (Å²) in [7, 11) is 0. The SMILES string of the molecule is O=C1CCC(N2Cc3c(ccc4c3OCC43CCN(Cc4ccc5scnc5c4)CC3)C2=O)C(=O)N1. The molecular formula is C27H26N4O4S. The topological polar surface area (TPSA) is 91.8 Å². The third-order valence-corrected chi connectivity index (χ3v) is 9.15. The van der Waals surface area contributed by atoms with Gasteiger partial charge in [0, 0.05) is 35.1 Å². The largest absolute Gasteiger partial charge is 0.492 e. The summed E-state index contributed by atoms with van der Waals surface area (Å²) in [5.41, 5.74) is 6.91. The highest BCUT2D eigenvalue weighted by Gasteiger charge is 2.47. The van der Waals surface area contributed by atoms with Crippen molar-refractivity contribution < 1.29 is 19.1 Å². The summed E-state index contributed by atoms with van der Waals surface area (Å²) in [6.45, 7) is 3.86. The summed E-state index contributed by atoms with van der Waals surface area (Å²) < 4.78 is 7.52. The summed E-state index contributed by atoms with van der Waals surface area (Å²) in [4.78, 5) is 45.7. The average Bonchev–Trinajstić information content (AvgIpc) is 3.57. The lowest BCUT2D eigenvalue weighted by molar-refractivity contribution is -0.136.